The number of rotatable bonds is 4. The van der Waals surface area contributed by atoms with Crippen molar-refractivity contribution in [2.75, 3.05) is 11.5 Å². The summed E-state index contributed by atoms with van der Waals surface area (Å²) in [4.78, 5) is 22.2. The predicted octanol–water partition coefficient (Wildman–Crippen LogP) is 1.61. The van der Waals surface area contributed by atoms with Crippen LogP contribution in [0.25, 0.3) is 0 Å². The Bertz CT molecular complexity index is 753. The van der Waals surface area contributed by atoms with Gasteiger partial charge in [0.25, 0.3) is 0 Å². The zero-order valence-corrected chi connectivity index (χ0v) is 14.9. The molecule has 1 spiro atoms. The Morgan fingerprint density at radius 2 is 2.04 bits per heavy atom. The highest BCUT2D eigenvalue weighted by molar-refractivity contribution is 6.06. The number of guanidine groups is 2. The number of aliphatic imine (C=N–C) groups is 2. The average molecular weight is 359 g/mol. The maximum absolute atomic E-state index is 11.8. The number of ether oxygens (including phenoxy) is 1. The van der Waals surface area contributed by atoms with E-state index in [1.807, 2.05) is 0 Å². The quantitative estimate of drug-likeness (QED) is 0.701. The molecule has 26 heavy (non-hydrogen) atoms. The third-order valence-corrected chi connectivity index (χ3v) is 4.79. The Labute approximate surface area is 152 Å². The van der Waals surface area contributed by atoms with Gasteiger partial charge in [-0.05, 0) is 50.3 Å². The lowest BCUT2D eigenvalue weighted by Gasteiger charge is -2.45. The second-order valence-electron chi connectivity index (χ2n) is 6.62. The first-order chi connectivity index (χ1) is 12.4. The van der Waals surface area contributed by atoms with Gasteiger partial charge in [-0.25, -0.2) is 4.99 Å². The van der Waals surface area contributed by atoms with Gasteiger partial charge in [0.1, 0.15) is 11.4 Å². The fourth-order valence-electron chi connectivity index (χ4n) is 3.71. The van der Waals surface area contributed by atoms with Crippen LogP contribution in [0.2, 0.25) is 0 Å². The van der Waals surface area contributed by atoms with Crippen LogP contribution < -0.4 is 16.4 Å². The zero-order valence-electron chi connectivity index (χ0n) is 14.9. The van der Waals surface area contributed by atoms with E-state index in [0.29, 0.717) is 12.3 Å². The van der Waals surface area contributed by atoms with Crippen molar-refractivity contribution < 1.29 is 14.6 Å². The second-order valence-corrected chi connectivity index (χ2v) is 6.62. The highest BCUT2D eigenvalue weighted by Crippen LogP contribution is 2.42. The summed E-state index contributed by atoms with van der Waals surface area (Å²) in [6.45, 7) is 2.09. The fraction of sp³-hybridized carbons (Fsp3) is 0.500. The summed E-state index contributed by atoms with van der Waals surface area (Å²) in [5, 5.41) is 10.5. The van der Waals surface area contributed by atoms with Crippen LogP contribution in [0.5, 0.6) is 5.75 Å². The lowest BCUT2D eigenvalue weighted by atomic mass is 9.87. The zero-order chi connectivity index (χ0) is 18.7. The first-order valence-electron chi connectivity index (χ1n) is 8.92. The molecule has 0 amide bonds. The van der Waals surface area contributed by atoms with Gasteiger partial charge in [0.15, 0.2) is 0 Å². The molecule has 0 unspecified atom stereocenters. The Hall–Kier alpha value is -2.77. The number of carbonyl (C=O) groups is 1. The molecule has 1 aromatic carbocycles. The highest BCUT2D eigenvalue weighted by Gasteiger charge is 2.43. The summed E-state index contributed by atoms with van der Waals surface area (Å²) in [5.41, 5.74) is 12.6. The number of phenolic OH excluding ortho intramolecular Hbond substituents is 1. The van der Waals surface area contributed by atoms with Gasteiger partial charge in [-0.1, -0.05) is 12.5 Å². The maximum atomic E-state index is 11.8. The van der Waals surface area contributed by atoms with Gasteiger partial charge in [0.05, 0.1) is 18.7 Å². The van der Waals surface area contributed by atoms with E-state index in [4.69, 9.17) is 16.2 Å². The molecule has 1 fully saturated rings. The van der Waals surface area contributed by atoms with Crippen molar-refractivity contribution in [2.24, 2.45) is 21.5 Å². The van der Waals surface area contributed by atoms with E-state index in [-0.39, 0.29) is 30.1 Å². The van der Waals surface area contributed by atoms with Crippen LogP contribution in [0.3, 0.4) is 0 Å². The van der Waals surface area contributed by atoms with Crippen LogP contribution >= 0.6 is 0 Å². The van der Waals surface area contributed by atoms with E-state index in [9.17, 15) is 9.90 Å². The standard InChI is InChI=1S/C18H25N5O3/c1-2-26-15(25)11-12-6-7-14(24)13(10-12)23-17(20)21-16(19)22-18(23)8-4-3-5-9-18/h6-7,10,24H,2-5,8-9,11H2,1H3,(H4,19,20,21,22). The van der Waals surface area contributed by atoms with Gasteiger partial charge in [-0.2, -0.15) is 4.99 Å². The van der Waals surface area contributed by atoms with Crippen molar-refractivity contribution in [1.82, 2.24) is 0 Å². The van der Waals surface area contributed by atoms with Crippen LogP contribution in [0.4, 0.5) is 5.69 Å². The number of nitrogens with zero attached hydrogens (tertiary/aromatic N) is 3. The van der Waals surface area contributed by atoms with Crippen molar-refractivity contribution in [1.29, 1.82) is 0 Å². The van der Waals surface area contributed by atoms with E-state index in [2.05, 4.69) is 9.98 Å². The summed E-state index contributed by atoms with van der Waals surface area (Å²) < 4.78 is 5.00. The molecule has 1 aromatic rings. The highest BCUT2D eigenvalue weighted by atomic mass is 16.5. The van der Waals surface area contributed by atoms with Gasteiger partial charge in [-0.15, -0.1) is 0 Å². The van der Waals surface area contributed by atoms with Crippen LogP contribution in [0.15, 0.2) is 28.2 Å². The molecular formula is C18H25N5O3. The second kappa shape index (κ2) is 7.23. The minimum absolute atomic E-state index is 0.0522. The van der Waals surface area contributed by atoms with E-state index in [1.165, 1.54) is 0 Å². The van der Waals surface area contributed by atoms with Gasteiger partial charge < -0.3 is 21.3 Å². The Balaban J connectivity index is 2.00. The molecule has 1 aliphatic carbocycles. The molecule has 1 saturated carbocycles. The molecule has 1 heterocycles. The molecule has 3 rings (SSSR count). The Kier molecular flexibility index (Phi) is 5.01. The first kappa shape index (κ1) is 18.0. The number of aromatic hydroxyl groups is 1. The molecule has 1 aliphatic heterocycles. The number of carbonyl (C=O) groups excluding carboxylic acids is 1. The Morgan fingerprint density at radius 1 is 1.31 bits per heavy atom. The van der Waals surface area contributed by atoms with Crippen LogP contribution in [0.1, 0.15) is 44.6 Å². The molecule has 140 valence electrons. The third kappa shape index (κ3) is 3.44. The summed E-state index contributed by atoms with van der Waals surface area (Å²) in [5.74, 6) is 0.0845. The van der Waals surface area contributed by atoms with E-state index in [1.54, 1.807) is 30.0 Å². The minimum Gasteiger partial charge on any atom is -0.506 e. The smallest absolute Gasteiger partial charge is 0.310 e. The molecule has 0 bridgehead atoms. The summed E-state index contributed by atoms with van der Waals surface area (Å²) in [7, 11) is 0. The largest absolute Gasteiger partial charge is 0.506 e. The predicted molar refractivity (Wildman–Crippen MR) is 100.0 cm³/mol. The summed E-state index contributed by atoms with van der Waals surface area (Å²) in [6, 6.07) is 4.98. The number of anilines is 1. The van der Waals surface area contributed by atoms with Crippen LogP contribution in [-0.4, -0.2) is 35.3 Å². The minimum atomic E-state index is -0.645. The molecule has 5 N–H and O–H groups in total. The molecular weight excluding hydrogens is 334 g/mol. The van der Waals surface area contributed by atoms with Crippen LogP contribution in [0, 0.1) is 0 Å². The molecule has 8 nitrogen and oxygen atoms in total. The van der Waals surface area contributed by atoms with Gasteiger partial charge in [0, 0.05) is 0 Å². The molecule has 2 aliphatic rings. The lowest BCUT2D eigenvalue weighted by Crippen LogP contribution is -2.58. The number of phenols is 1. The lowest BCUT2D eigenvalue weighted by molar-refractivity contribution is -0.142. The first-order valence-corrected chi connectivity index (χ1v) is 8.92. The van der Waals surface area contributed by atoms with Crippen molar-refractivity contribution in [3.05, 3.63) is 23.8 Å². The number of benzene rings is 1. The summed E-state index contributed by atoms with van der Waals surface area (Å²) >= 11 is 0. The third-order valence-electron chi connectivity index (χ3n) is 4.79. The number of nitrogens with two attached hydrogens (primary N) is 2. The SMILES string of the molecule is CCOC(=O)Cc1ccc(O)c(N2C(N)=NC(N)=NC23CCCCC3)c1. The van der Waals surface area contributed by atoms with Gasteiger partial charge >= 0.3 is 5.97 Å². The molecule has 0 aromatic heterocycles. The normalized spacial score (nSPS) is 19.0. The van der Waals surface area contributed by atoms with E-state index >= 15 is 0 Å². The monoisotopic (exact) mass is 359 g/mol. The number of esters is 1. The fourth-order valence-corrected chi connectivity index (χ4v) is 3.71. The van der Waals surface area contributed by atoms with Gasteiger partial charge in [-0.3, -0.25) is 9.69 Å². The average Bonchev–Trinajstić information content (AvgIpc) is 2.58. The van der Waals surface area contributed by atoms with Crippen LogP contribution in [-0.2, 0) is 16.0 Å². The number of hydrogen-bond acceptors (Lipinski definition) is 8. The van der Waals surface area contributed by atoms with E-state index < -0.39 is 5.66 Å². The Morgan fingerprint density at radius 3 is 2.73 bits per heavy atom. The van der Waals surface area contributed by atoms with E-state index in [0.717, 1.165) is 37.7 Å². The molecule has 8 heteroatoms. The van der Waals surface area contributed by atoms with Crippen molar-refractivity contribution >= 4 is 23.6 Å². The van der Waals surface area contributed by atoms with Crippen molar-refractivity contribution in [2.45, 2.75) is 51.1 Å². The maximum Gasteiger partial charge on any atom is 0.310 e. The molecule has 0 saturated heterocycles. The molecule has 0 atom stereocenters. The topological polar surface area (TPSA) is 127 Å². The molecule has 0 radical (unpaired) electrons. The summed E-state index contributed by atoms with van der Waals surface area (Å²) in [6.07, 6.45) is 4.76. The van der Waals surface area contributed by atoms with Gasteiger partial charge in [0.2, 0.25) is 11.9 Å². The number of hydrogen-bond donors (Lipinski definition) is 3. The van der Waals surface area contributed by atoms with Crippen molar-refractivity contribution in [3.63, 3.8) is 0 Å². The van der Waals surface area contributed by atoms with Crippen molar-refractivity contribution in [3.8, 4) is 5.75 Å².